The second-order valence-corrected chi connectivity index (χ2v) is 9.48. The van der Waals surface area contributed by atoms with E-state index in [1.807, 2.05) is 10.6 Å². The first-order chi connectivity index (χ1) is 17.4. The van der Waals surface area contributed by atoms with Crippen LogP contribution in [0.15, 0.2) is 60.7 Å². The van der Waals surface area contributed by atoms with Gasteiger partial charge in [-0.2, -0.15) is 0 Å². The van der Waals surface area contributed by atoms with Crippen molar-refractivity contribution in [1.29, 1.82) is 5.41 Å². The summed E-state index contributed by atoms with van der Waals surface area (Å²) in [5.41, 5.74) is 4.39. The molecule has 4 rings (SSSR count). The third kappa shape index (κ3) is 5.94. The van der Waals surface area contributed by atoms with E-state index < -0.39 is 0 Å². The molecular formula is C28H31Cl2FN4O. The van der Waals surface area contributed by atoms with Crippen molar-refractivity contribution in [2.75, 3.05) is 26.2 Å². The molecule has 36 heavy (non-hydrogen) atoms. The van der Waals surface area contributed by atoms with Gasteiger partial charge in [0.25, 0.3) is 0 Å². The van der Waals surface area contributed by atoms with E-state index in [9.17, 15) is 4.39 Å². The van der Waals surface area contributed by atoms with E-state index in [0.717, 1.165) is 41.8 Å². The summed E-state index contributed by atoms with van der Waals surface area (Å²) in [6.45, 7) is 8.91. The predicted molar refractivity (Wildman–Crippen MR) is 146 cm³/mol. The van der Waals surface area contributed by atoms with Crippen LogP contribution in [0.5, 0.6) is 5.75 Å². The maximum atomic E-state index is 13.5. The zero-order valence-electron chi connectivity index (χ0n) is 20.6. The molecule has 190 valence electrons. The van der Waals surface area contributed by atoms with Gasteiger partial charge >= 0.3 is 0 Å². The lowest BCUT2D eigenvalue weighted by atomic mass is 10.1. The summed E-state index contributed by atoms with van der Waals surface area (Å²) in [7, 11) is 0. The molecule has 3 aromatic carbocycles. The van der Waals surface area contributed by atoms with Gasteiger partial charge in [0, 0.05) is 24.7 Å². The second-order valence-electron chi connectivity index (χ2n) is 8.64. The Balaban J connectivity index is 1.60. The molecule has 0 unspecified atom stereocenters. The molecule has 1 heterocycles. The molecule has 0 aliphatic carbocycles. The standard InChI is InChI=1S/C28H31Cl2FN4O/c1-3-33(4-2)15-16-35-26-18-21(20-6-10-23(31)11-7-20)8-12-25(26)34(28(35)32)14-5-17-36-27-13-9-22(29)19-24(27)30/h6-13,18-19,32H,3-5,14-17H2,1-2H3. The van der Waals surface area contributed by atoms with Gasteiger partial charge in [-0.05, 0) is 73.1 Å². The number of fused-ring (bicyclic) bond motifs is 1. The van der Waals surface area contributed by atoms with Gasteiger partial charge in [0.1, 0.15) is 11.6 Å². The van der Waals surface area contributed by atoms with Crippen molar-refractivity contribution in [2.24, 2.45) is 0 Å². The van der Waals surface area contributed by atoms with Crippen molar-refractivity contribution in [1.82, 2.24) is 14.0 Å². The first-order valence-electron chi connectivity index (χ1n) is 12.2. The number of imidazole rings is 1. The Bertz CT molecular complexity index is 1380. The third-order valence-electron chi connectivity index (χ3n) is 6.46. The largest absolute Gasteiger partial charge is 0.492 e. The van der Waals surface area contributed by atoms with Crippen LogP contribution >= 0.6 is 23.2 Å². The highest BCUT2D eigenvalue weighted by Gasteiger charge is 2.14. The van der Waals surface area contributed by atoms with Crippen molar-refractivity contribution in [3.8, 4) is 16.9 Å². The fourth-order valence-corrected chi connectivity index (χ4v) is 4.86. The Labute approximate surface area is 221 Å². The highest BCUT2D eigenvalue weighted by atomic mass is 35.5. The number of rotatable bonds is 11. The number of aryl methyl sites for hydroxylation is 1. The molecule has 0 fully saturated rings. The molecule has 0 saturated carbocycles. The Kier molecular flexibility index (Phi) is 8.72. The minimum atomic E-state index is -0.254. The van der Waals surface area contributed by atoms with E-state index in [1.165, 1.54) is 12.1 Å². The molecule has 0 bridgehead atoms. The fraction of sp³-hybridized carbons (Fsp3) is 0.321. The van der Waals surface area contributed by atoms with Crippen LogP contribution in [0.4, 0.5) is 4.39 Å². The normalized spacial score (nSPS) is 11.5. The van der Waals surface area contributed by atoms with E-state index in [-0.39, 0.29) is 5.82 Å². The molecule has 8 heteroatoms. The zero-order chi connectivity index (χ0) is 25.7. The van der Waals surface area contributed by atoms with E-state index >= 15 is 0 Å². The number of aromatic nitrogens is 2. The minimum Gasteiger partial charge on any atom is -0.492 e. The highest BCUT2D eigenvalue weighted by molar-refractivity contribution is 6.35. The molecule has 0 amide bonds. The smallest absolute Gasteiger partial charge is 0.203 e. The average molecular weight is 529 g/mol. The quantitative estimate of drug-likeness (QED) is 0.216. The molecule has 1 aromatic heterocycles. The summed E-state index contributed by atoms with van der Waals surface area (Å²) in [4.78, 5) is 2.35. The molecule has 4 aromatic rings. The number of nitrogens with zero attached hydrogens (tertiary/aromatic N) is 3. The van der Waals surface area contributed by atoms with E-state index in [0.29, 0.717) is 47.5 Å². The Morgan fingerprint density at radius 3 is 2.25 bits per heavy atom. The Morgan fingerprint density at radius 1 is 0.861 bits per heavy atom. The lowest BCUT2D eigenvalue weighted by Crippen LogP contribution is -2.32. The first kappa shape index (κ1) is 26.3. The molecule has 5 nitrogen and oxygen atoms in total. The highest BCUT2D eigenvalue weighted by Crippen LogP contribution is 2.28. The van der Waals surface area contributed by atoms with Gasteiger partial charge in [0.05, 0.1) is 22.7 Å². The molecule has 0 atom stereocenters. The molecular weight excluding hydrogens is 498 g/mol. The van der Waals surface area contributed by atoms with Crippen LogP contribution in [0.25, 0.3) is 22.2 Å². The van der Waals surface area contributed by atoms with Gasteiger partial charge in [0.15, 0.2) is 0 Å². The summed E-state index contributed by atoms with van der Waals surface area (Å²) in [5, 5.41) is 10.0. The molecule has 0 aliphatic rings. The number of hydrogen-bond donors (Lipinski definition) is 1. The summed E-state index contributed by atoms with van der Waals surface area (Å²) >= 11 is 12.2. The molecule has 1 N–H and O–H groups in total. The topological polar surface area (TPSA) is 46.2 Å². The number of hydrogen-bond acceptors (Lipinski definition) is 3. The van der Waals surface area contributed by atoms with Crippen LogP contribution in [-0.2, 0) is 13.1 Å². The van der Waals surface area contributed by atoms with Crippen LogP contribution < -0.4 is 10.4 Å². The fourth-order valence-electron chi connectivity index (χ4n) is 4.39. The molecule has 0 aliphatic heterocycles. The Hall–Kier alpha value is -2.80. The zero-order valence-corrected chi connectivity index (χ0v) is 22.1. The monoisotopic (exact) mass is 528 g/mol. The maximum absolute atomic E-state index is 13.5. The van der Waals surface area contributed by atoms with Crippen molar-refractivity contribution in [2.45, 2.75) is 33.4 Å². The van der Waals surface area contributed by atoms with Gasteiger partial charge in [-0.15, -0.1) is 0 Å². The van der Waals surface area contributed by atoms with Gasteiger partial charge in [-0.25, -0.2) is 4.39 Å². The number of likely N-dealkylation sites (N-methyl/N-ethyl adjacent to an activating group) is 1. The second kappa shape index (κ2) is 12.0. The number of halogens is 3. The van der Waals surface area contributed by atoms with Crippen molar-refractivity contribution in [3.63, 3.8) is 0 Å². The lowest BCUT2D eigenvalue weighted by molar-refractivity contribution is 0.287. The van der Waals surface area contributed by atoms with Crippen LogP contribution in [0.2, 0.25) is 10.0 Å². The minimum absolute atomic E-state index is 0.254. The SMILES string of the molecule is CCN(CC)CCn1c(=N)n(CCCOc2ccc(Cl)cc2Cl)c2ccc(-c3ccc(F)cc3)cc21. The van der Waals surface area contributed by atoms with E-state index in [2.05, 4.69) is 35.4 Å². The summed E-state index contributed by atoms with van der Waals surface area (Å²) < 4.78 is 23.4. The van der Waals surface area contributed by atoms with Crippen LogP contribution in [0.1, 0.15) is 20.3 Å². The number of ether oxygens (including phenoxy) is 1. The summed E-state index contributed by atoms with van der Waals surface area (Å²) in [6.07, 6.45) is 0.713. The molecule has 0 radical (unpaired) electrons. The van der Waals surface area contributed by atoms with Gasteiger partial charge in [0.2, 0.25) is 5.62 Å². The van der Waals surface area contributed by atoms with Crippen LogP contribution in [0, 0.1) is 11.2 Å². The summed E-state index contributed by atoms with van der Waals surface area (Å²) in [6, 6.07) is 17.9. The Morgan fingerprint density at radius 2 is 1.56 bits per heavy atom. The van der Waals surface area contributed by atoms with Gasteiger partial charge < -0.3 is 18.8 Å². The third-order valence-corrected chi connectivity index (χ3v) is 6.99. The van der Waals surface area contributed by atoms with Crippen LogP contribution in [0.3, 0.4) is 0 Å². The molecule has 0 saturated heterocycles. The van der Waals surface area contributed by atoms with Crippen molar-refractivity contribution in [3.05, 3.63) is 82.1 Å². The first-order valence-corrected chi connectivity index (χ1v) is 13.0. The lowest BCUT2D eigenvalue weighted by Gasteiger charge is -2.18. The number of nitrogens with one attached hydrogen (secondary N) is 1. The van der Waals surface area contributed by atoms with E-state index in [1.54, 1.807) is 30.3 Å². The van der Waals surface area contributed by atoms with Crippen molar-refractivity contribution >= 4 is 34.2 Å². The average Bonchev–Trinajstić information content (AvgIpc) is 3.14. The van der Waals surface area contributed by atoms with Gasteiger partial charge in [-0.3, -0.25) is 5.41 Å². The van der Waals surface area contributed by atoms with Gasteiger partial charge in [-0.1, -0.05) is 55.2 Å². The summed E-state index contributed by atoms with van der Waals surface area (Å²) in [5.74, 6) is 0.346. The predicted octanol–water partition coefficient (Wildman–Crippen LogP) is 6.85. The molecule has 0 spiro atoms. The van der Waals surface area contributed by atoms with E-state index in [4.69, 9.17) is 33.3 Å². The maximum Gasteiger partial charge on any atom is 0.203 e. The number of benzene rings is 3. The van der Waals surface area contributed by atoms with Crippen molar-refractivity contribution < 1.29 is 9.13 Å². The van der Waals surface area contributed by atoms with Crippen LogP contribution in [-0.4, -0.2) is 40.3 Å².